The number of terminal acetylenes is 1. The van der Waals surface area contributed by atoms with Crippen molar-refractivity contribution in [3.8, 4) is 12.3 Å². The van der Waals surface area contributed by atoms with Gasteiger partial charge in [-0.1, -0.05) is 29.8 Å². The Labute approximate surface area is 141 Å². The van der Waals surface area contributed by atoms with Crippen molar-refractivity contribution in [2.45, 2.75) is 49.6 Å². The molecule has 2 aliphatic rings. The van der Waals surface area contributed by atoms with Crippen molar-refractivity contribution in [3.05, 3.63) is 34.9 Å². The molecule has 1 N–H and O–H groups in total. The van der Waals surface area contributed by atoms with Gasteiger partial charge in [-0.05, 0) is 24.5 Å². The van der Waals surface area contributed by atoms with Crippen LogP contribution >= 0.6 is 11.6 Å². The molecule has 0 radical (unpaired) electrons. The number of nitrogens with zero attached hydrogens (tertiary/aromatic N) is 2. The van der Waals surface area contributed by atoms with Gasteiger partial charge >= 0.3 is 0 Å². The van der Waals surface area contributed by atoms with E-state index in [9.17, 15) is 4.79 Å². The Morgan fingerprint density at radius 2 is 2.04 bits per heavy atom. The molecule has 1 aromatic rings. The van der Waals surface area contributed by atoms with Gasteiger partial charge in [0.1, 0.15) is 0 Å². The molecule has 23 heavy (non-hydrogen) atoms. The average Bonchev–Trinajstić information content (AvgIpc) is 3.46. The summed E-state index contributed by atoms with van der Waals surface area (Å²) in [7, 11) is 0. The molecule has 0 saturated heterocycles. The Bertz CT molecular complexity index is 667. The Morgan fingerprint density at radius 1 is 1.30 bits per heavy atom. The largest absolute Gasteiger partial charge is 0.355 e. The summed E-state index contributed by atoms with van der Waals surface area (Å²) in [5.74, 6) is 2.64. The van der Waals surface area contributed by atoms with Crippen molar-refractivity contribution in [1.29, 1.82) is 0 Å². The van der Waals surface area contributed by atoms with Crippen LogP contribution in [0, 0.1) is 12.3 Å². The summed E-state index contributed by atoms with van der Waals surface area (Å²) < 4.78 is 0. The van der Waals surface area contributed by atoms with Crippen LogP contribution < -0.4 is 5.32 Å². The number of benzene rings is 1. The standard InChI is InChI=1S/C18H20ClN3O/c1-2-3-9-18(21-22-18)10-8-16(23)20-13-17(11-12-17)14-6-4-5-7-15(14)19/h1,4-7H,3,8-13H2,(H,20,23). The van der Waals surface area contributed by atoms with E-state index in [2.05, 4.69) is 27.5 Å². The molecular weight excluding hydrogens is 310 g/mol. The van der Waals surface area contributed by atoms with Crippen LogP contribution in [0.25, 0.3) is 0 Å². The van der Waals surface area contributed by atoms with Crippen LogP contribution in [0.15, 0.2) is 34.5 Å². The molecule has 0 spiro atoms. The van der Waals surface area contributed by atoms with Crippen molar-refractivity contribution in [1.82, 2.24) is 5.32 Å². The maximum Gasteiger partial charge on any atom is 0.220 e. The number of hydrogen-bond donors (Lipinski definition) is 1. The number of halogens is 1. The molecular formula is C18H20ClN3O. The van der Waals surface area contributed by atoms with Crippen LogP contribution in [0.2, 0.25) is 5.02 Å². The van der Waals surface area contributed by atoms with E-state index in [1.165, 1.54) is 0 Å². The van der Waals surface area contributed by atoms with Crippen LogP contribution in [0.4, 0.5) is 0 Å². The van der Waals surface area contributed by atoms with E-state index in [4.69, 9.17) is 18.0 Å². The maximum absolute atomic E-state index is 12.1. The molecule has 0 bridgehead atoms. The molecule has 1 aliphatic carbocycles. The third kappa shape index (κ3) is 3.73. The zero-order chi connectivity index (χ0) is 16.3. The first-order valence-corrected chi connectivity index (χ1v) is 8.36. The van der Waals surface area contributed by atoms with Crippen LogP contribution in [0.1, 0.15) is 44.1 Å². The van der Waals surface area contributed by atoms with Crippen molar-refractivity contribution < 1.29 is 4.79 Å². The molecule has 1 aromatic carbocycles. The van der Waals surface area contributed by atoms with Gasteiger partial charge in [0.25, 0.3) is 0 Å². The second-order valence-electron chi connectivity index (χ2n) is 6.42. The summed E-state index contributed by atoms with van der Waals surface area (Å²) in [5.41, 5.74) is 0.771. The summed E-state index contributed by atoms with van der Waals surface area (Å²) >= 11 is 6.29. The highest BCUT2D eigenvalue weighted by Gasteiger charge is 2.45. The summed E-state index contributed by atoms with van der Waals surface area (Å²) in [6, 6.07) is 7.88. The van der Waals surface area contributed by atoms with E-state index in [1.807, 2.05) is 18.2 Å². The minimum absolute atomic E-state index is 0.0174. The van der Waals surface area contributed by atoms with Crippen LogP contribution in [0.3, 0.4) is 0 Å². The number of rotatable bonds is 8. The number of hydrogen-bond acceptors (Lipinski definition) is 3. The number of amides is 1. The van der Waals surface area contributed by atoms with Crippen LogP contribution in [0.5, 0.6) is 0 Å². The van der Waals surface area contributed by atoms with Gasteiger partial charge in [0, 0.05) is 42.7 Å². The van der Waals surface area contributed by atoms with Gasteiger partial charge in [0.15, 0.2) is 5.66 Å². The first kappa shape index (κ1) is 16.0. The van der Waals surface area contributed by atoms with Gasteiger partial charge in [0.2, 0.25) is 5.91 Å². The fourth-order valence-corrected chi connectivity index (χ4v) is 3.26. The molecule has 3 rings (SSSR count). The lowest BCUT2D eigenvalue weighted by Gasteiger charge is -2.18. The Morgan fingerprint density at radius 3 is 2.65 bits per heavy atom. The van der Waals surface area contributed by atoms with Gasteiger partial charge in [0.05, 0.1) is 0 Å². The van der Waals surface area contributed by atoms with Gasteiger partial charge in [-0.3, -0.25) is 4.79 Å². The average molecular weight is 330 g/mol. The third-order valence-corrected chi connectivity index (χ3v) is 5.06. The smallest absolute Gasteiger partial charge is 0.220 e. The Kier molecular flexibility index (Phi) is 4.41. The second kappa shape index (κ2) is 6.33. The van der Waals surface area contributed by atoms with E-state index in [1.54, 1.807) is 0 Å². The zero-order valence-corrected chi connectivity index (χ0v) is 13.8. The van der Waals surface area contributed by atoms with E-state index in [-0.39, 0.29) is 17.0 Å². The van der Waals surface area contributed by atoms with Crippen molar-refractivity contribution in [2.24, 2.45) is 10.2 Å². The lowest BCUT2D eigenvalue weighted by molar-refractivity contribution is -0.121. The van der Waals surface area contributed by atoms with Crippen LogP contribution in [-0.2, 0) is 10.2 Å². The molecule has 0 unspecified atom stereocenters. The summed E-state index contributed by atoms with van der Waals surface area (Å²) in [4.78, 5) is 12.1. The highest BCUT2D eigenvalue weighted by molar-refractivity contribution is 6.31. The summed E-state index contributed by atoms with van der Waals surface area (Å²) in [6.07, 6.45) is 9.84. The summed E-state index contributed by atoms with van der Waals surface area (Å²) in [5, 5.41) is 11.9. The molecule has 1 fully saturated rings. The monoisotopic (exact) mass is 329 g/mol. The molecule has 120 valence electrons. The second-order valence-corrected chi connectivity index (χ2v) is 6.83. The van der Waals surface area contributed by atoms with Crippen LogP contribution in [-0.4, -0.2) is 18.1 Å². The Balaban J connectivity index is 1.47. The predicted molar refractivity (Wildman–Crippen MR) is 90.3 cm³/mol. The van der Waals surface area contributed by atoms with E-state index in [0.29, 0.717) is 25.8 Å². The molecule has 0 atom stereocenters. The predicted octanol–water partition coefficient (Wildman–Crippen LogP) is 3.84. The topological polar surface area (TPSA) is 53.8 Å². The minimum Gasteiger partial charge on any atom is -0.355 e. The molecule has 0 aromatic heterocycles. The number of nitrogens with one attached hydrogen (secondary N) is 1. The molecule has 4 nitrogen and oxygen atoms in total. The molecule has 1 saturated carbocycles. The number of carbonyl (C=O) groups excluding carboxylic acids is 1. The minimum atomic E-state index is -0.385. The fraction of sp³-hybridized carbons (Fsp3) is 0.500. The normalized spacial score (nSPS) is 19.0. The lowest BCUT2D eigenvalue weighted by Crippen LogP contribution is -2.33. The van der Waals surface area contributed by atoms with E-state index in [0.717, 1.165) is 29.8 Å². The van der Waals surface area contributed by atoms with E-state index >= 15 is 0 Å². The summed E-state index contributed by atoms with van der Waals surface area (Å²) in [6.45, 7) is 0.640. The van der Waals surface area contributed by atoms with Gasteiger partial charge in [-0.25, -0.2) is 0 Å². The highest BCUT2D eigenvalue weighted by Crippen LogP contribution is 2.49. The first-order chi connectivity index (χ1) is 11.1. The van der Waals surface area contributed by atoms with Gasteiger partial charge in [-0.2, -0.15) is 10.2 Å². The maximum atomic E-state index is 12.1. The molecule has 5 heteroatoms. The zero-order valence-electron chi connectivity index (χ0n) is 13.0. The van der Waals surface area contributed by atoms with Crippen molar-refractivity contribution in [2.75, 3.05) is 6.54 Å². The lowest BCUT2D eigenvalue weighted by atomic mass is 9.95. The highest BCUT2D eigenvalue weighted by atomic mass is 35.5. The quantitative estimate of drug-likeness (QED) is 0.724. The fourth-order valence-electron chi connectivity index (χ4n) is 2.92. The third-order valence-electron chi connectivity index (χ3n) is 4.73. The van der Waals surface area contributed by atoms with Crippen molar-refractivity contribution in [3.63, 3.8) is 0 Å². The molecule has 1 aliphatic heterocycles. The molecule has 1 amide bonds. The van der Waals surface area contributed by atoms with E-state index < -0.39 is 0 Å². The Hall–Kier alpha value is -1.86. The van der Waals surface area contributed by atoms with Crippen molar-refractivity contribution >= 4 is 17.5 Å². The first-order valence-electron chi connectivity index (χ1n) is 7.98. The molecule has 1 heterocycles. The SMILES string of the molecule is C#CCCC1(CCC(=O)NCC2(c3ccccc3Cl)CC2)N=N1. The van der Waals surface area contributed by atoms with Gasteiger partial charge < -0.3 is 5.32 Å². The number of carbonyl (C=O) groups is 1. The van der Waals surface area contributed by atoms with Gasteiger partial charge in [-0.15, -0.1) is 12.3 Å².